The molecule has 0 radical (unpaired) electrons. The minimum absolute atomic E-state index is 0.728. The highest BCUT2D eigenvalue weighted by Crippen LogP contribution is 2.18. The lowest BCUT2D eigenvalue weighted by atomic mass is 9.96. The maximum atomic E-state index is 4.46. The number of hydrogen-bond acceptors (Lipinski definition) is 2. The molecule has 3 N–H and O–H groups in total. The van der Waals surface area contributed by atoms with Gasteiger partial charge in [0.25, 0.3) is 0 Å². The van der Waals surface area contributed by atoms with Gasteiger partial charge < -0.3 is 15.3 Å². The summed E-state index contributed by atoms with van der Waals surface area (Å²) in [6.07, 6.45) is 7.49. The van der Waals surface area contributed by atoms with E-state index in [2.05, 4.69) is 26.3 Å². The van der Waals surface area contributed by atoms with E-state index in [1.165, 1.54) is 19.4 Å². The summed E-state index contributed by atoms with van der Waals surface area (Å²) in [5.41, 5.74) is 2.18. The van der Waals surface area contributed by atoms with Crippen LogP contribution in [0.3, 0.4) is 0 Å². The molecule has 0 aliphatic carbocycles. The maximum Gasteiger partial charge on any atom is 0.106 e. The number of hydrogen-bond donors (Lipinski definition) is 3. The zero-order chi connectivity index (χ0) is 11.5. The Bertz CT molecular complexity index is 451. The third kappa shape index (κ3) is 2.42. The molecule has 1 atom stereocenters. The fraction of sp³-hybridized carbons (Fsp3) is 0.462. The molecule has 0 amide bonds. The number of aromatic nitrogens is 3. The summed E-state index contributed by atoms with van der Waals surface area (Å²) >= 11 is 0. The Labute approximate surface area is 101 Å². The zero-order valence-electron chi connectivity index (χ0n) is 9.87. The molecule has 1 aliphatic heterocycles. The Balaban J connectivity index is 1.68. The fourth-order valence-electron chi connectivity index (χ4n) is 2.47. The number of nitrogens with zero attached hydrogens (tertiary/aromatic N) is 1. The summed E-state index contributed by atoms with van der Waals surface area (Å²) < 4.78 is 0. The van der Waals surface area contributed by atoms with Gasteiger partial charge in [-0.2, -0.15) is 0 Å². The van der Waals surface area contributed by atoms with E-state index in [0.717, 1.165) is 36.1 Å². The fourth-order valence-corrected chi connectivity index (χ4v) is 2.47. The van der Waals surface area contributed by atoms with Crippen molar-refractivity contribution in [1.29, 1.82) is 0 Å². The van der Waals surface area contributed by atoms with Crippen LogP contribution >= 0.6 is 0 Å². The first-order valence-electron chi connectivity index (χ1n) is 6.30. The Morgan fingerprint density at radius 3 is 3.12 bits per heavy atom. The number of imidazole rings is 1. The van der Waals surface area contributed by atoms with Gasteiger partial charge in [-0.15, -0.1) is 0 Å². The molecule has 4 heteroatoms. The van der Waals surface area contributed by atoms with E-state index in [1.807, 2.05) is 18.5 Å². The van der Waals surface area contributed by atoms with Gasteiger partial charge in [-0.25, -0.2) is 4.98 Å². The summed E-state index contributed by atoms with van der Waals surface area (Å²) in [7, 11) is 0. The van der Waals surface area contributed by atoms with Crippen molar-refractivity contribution in [2.75, 3.05) is 13.1 Å². The SMILES string of the molecule is c1c[nH]c(-c2cnc(CC3CCCNC3)[nH]2)c1. The Morgan fingerprint density at radius 1 is 1.35 bits per heavy atom. The first kappa shape index (κ1) is 10.6. The highest BCUT2D eigenvalue weighted by atomic mass is 14.9. The van der Waals surface area contributed by atoms with E-state index in [1.54, 1.807) is 0 Å². The molecule has 1 fully saturated rings. The molecule has 0 bridgehead atoms. The van der Waals surface area contributed by atoms with E-state index < -0.39 is 0 Å². The summed E-state index contributed by atoms with van der Waals surface area (Å²) in [6.45, 7) is 2.29. The molecule has 2 aromatic heterocycles. The van der Waals surface area contributed by atoms with Crippen molar-refractivity contribution in [2.24, 2.45) is 5.92 Å². The highest BCUT2D eigenvalue weighted by molar-refractivity contribution is 5.53. The highest BCUT2D eigenvalue weighted by Gasteiger charge is 2.15. The van der Waals surface area contributed by atoms with E-state index in [9.17, 15) is 0 Å². The lowest BCUT2D eigenvalue weighted by Crippen LogP contribution is -2.31. The van der Waals surface area contributed by atoms with Crippen molar-refractivity contribution in [3.8, 4) is 11.4 Å². The Kier molecular flexibility index (Phi) is 2.96. The summed E-state index contributed by atoms with van der Waals surface area (Å²) in [4.78, 5) is 11.0. The van der Waals surface area contributed by atoms with Crippen molar-refractivity contribution in [2.45, 2.75) is 19.3 Å². The van der Waals surface area contributed by atoms with E-state index >= 15 is 0 Å². The molecule has 4 nitrogen and oxygen atoms in total. The molecule has 17 heavy (non-hydrogen) atoms. The second-order valence-corrected chi connectivity index (χ2v) is 4.74. The molecule has 1 aliphatic rings. The summed E-state index contributed by atoms with van der Waals surface area (Å²) in [5, 5.41) is 3.44. The molecule has 1 unspecified atom stereocenters. The number of aromatic amines is 2. The van der Waals surface area contributed by atoms with Crippen molar-refractivity contribution in [1.82, 2.24) is 20.3 Å². The van der Waals surface area contributed by atoms with Crippen molar-refractivity contribution in [3.05, 3.63) is 30.4 Å². The standard InChI is InChI=1S/C13H18N4/c1-3-10(8-14-5-1)7-13-16-9-12(17-13)11-4-2-6-15-11/h2,4,6,9-10,14-15H,1,3,5,7-8H2,(H,16,17). The van der Waals surface area contributed by atoms with Gasteiger partial charge >= 0.3 is 0 Å². The Morgan fingerprint density at radius 2 is 2.35 bits per heavy atom. The van der Waals surface area contributed by atoms with Crippen LogP contribution in [0.25, 0.3) is 11.4 Å². The molecule has 3 heterocycles. The zero-order valence-corrected chi connectivity index (χ0v) is 9.87. The average molecular weight is 230 g/mol. The van der Waals surface area contributed by atoms with E-state index in [0.29, 0.717) is 0 Å². The van der Waals surface area contributed by atoms with Gasteiger partial charge in [0, 0.05) is 12.6 Å². The van der Waals surface area contributed by atoms with Crippen LogP contribution in [0.1, 0.15) is 18.7 Å². The van der Waals surface area contributed by atoms with Crippen LogP contribution in [-0.2, 0) is 6.42 Å². The Hall–Kier alpha value is -1.55. The van der Waals surface area contributed by atoms with Crippen LogP contribution in [0.4, 0.5) is 0 Å². The molecule has 2 aromatic rings. The lowest BCUT2D eigenvalue weighted by Gasteiger charge is -2.21. The van der Waals surface area contributed by atoms with Crippen molar-refractivity contribution < 1.29 is 0 Å². The molecule has 0 aromatic carbocycles. The molecule has 0 spiro atoms. The summed E-state index contributed by atoms with van der Waals surface area (Å²) in [6, 6.07) is 4.06. The van der Waals surface area contributed by atoms with Crippen LogP contribution < -0.4 is 5.32 Å². The third-order valence-corrected chi connectivity index (χ3v) is 3.40. The maximum absolute atomic E-state index is 4.46. The molecular weight excluding hydrogens is 212 g/mol. The number of nitrogens with one attached hydrogen (secondary N) is 3. The normalized spacial score (nSPS) is 20.6. The quantitative estimate of drug-likeness (QED) is 0.755. The largest absolute Gasteiger partial charge is 0.360 e. The smallest absolute Gasteiger partial charge is 0.106 e. The van der Waals surface area contributed by atoms with Gasteiger partial charge in [-0.3, -0.25) is 0 Å². The number of rotatable bonds is 3. The molecule has 90 valence electrons. The first-order chi connectivity index (χ1) is 8.42. The van der Waals surface area contributed by atoms with Gasteiger partial charge in [-0.05, 0) is 44.0 Å². The van der Waals surface area contributed by atoms with Crippen molar-refractivity contribution >= 4 is 0 Å². The average Bonchev–Trinajstić information content (AvgIpc) is 3.00. The first-order valence-corrected chi connectivity index (χ1v) is 6.30. The topological polar surface area (TPSA) is 56.5 Å². The molecule has 1 saturated heterocycles. The van der Waals surface area contributed by atoms with E-state index in [4.69, 9.17) is 0 Å². The lowest BCUT2D eigenvalue weighted by molar-refractivity contribution is 0.371. The molecule has 3 rings (SSSR count). The number of piperidine rings is 1. The minimum atomic E-state index is 0.728. The minimum Gasteiger partial charge on any atom is -0.360 e. The number of H-pyrrole nitrogens is 2. The monoisotopic (exact) mass is 230 g/mol. The second-order valence-electron chi connectivity index (χ2n) is 4.74. The van der Waals surface area contributed by atoms with Crippen LogP contribution in [0, 0.1) is 5.92 Å². The van der Waals surface area contributed by atoms with Crippen molar-refractivity contribution in [3.63, 3.8) is 0 Å². The summed E-state index contributed by atoms with van der Waals surface area (Å²) in [5.74, 6) is 1.83. The van der Waals surface area contributed by atoms with Gasteiger partial charge in [0.05, 0.1) is 17.6 Å². The van der Waals surface area contributed by atoms with Crippen LogP contribution in [0.5, 0.6) is 0 Å². The second kappa shape index (κ2) is 4.75. The van der Waals surface area contributed by atoms with Crippen LogP contribution in [0.2, 0.25) is 0 Å². The predicted molar refractivity (Wildman–Crippen MR) is 67.7 cm³/mol. The van der Waals surface area contributed by atoms with Crippen LogP contribution in [-0.4, -0.2) is 28.0 Å². The van der Waals surface area contributed by atoms with Gasteiger partial charge in [0.15, 0.2) is 0 Å². The molecule has 0 saturated carbocycles. The van der Waals surface area contributed by atoms with Crippen LogP contribution in [0.15, 0.2) is 24.5 Å². The third-order valence-electron chi connectivity index (χ3n) is 3.40. The van der Waals surface area contributed by atoms with Gasteiger partial charge in [0.1, 0.15) is 5.82 Å². The molecular formula is C13H18N4. The predicted octanol–water partition coefficient (Wildman–Crippen LogP) is 1.95. The van der Waals surface area contributed by atoms with Gasteiger partial charge in [-0.1, -0.05) is 0 Å². The van der Waals surface area contributed by atoms with Gasteiger partial charge in [0.2, 0.25) is 0 Å². The van der Waals surface area contributed by atoms with E-state index in [-0.39, 0.29) is 0 Å².